The maximum Gasteiger partial charge on any atom is 0.422 e. The van der Waals surface area contributed by atoms with Gasteiger partial charge in [-0.3, -0.25) is 9.89 Å². The van der Waals surface area contributed by atoms with Crippen LogP contribution in [-0.4, -0.2) is 108 Å². The van der Waals surface area contributed by atoms with E-state index in [1.54, 1.807) is 6.20 Å². The van der Waals surface area contributed by atoms with Gasteiger partial charge >= 0.3 is 6.18 Å². The molecule has 1 N–H and O–H groups in total. The predicted molar refractivity (Wildman–Crippen MR) is 197 cm³/mol. The van der Waals surface area contributed by atoms with E-state index in [4.69, 9.17) is 14.7 Å². The highest BCUT2D eigenvalue weighted by Gasteiger charge is 2.46. The largest absolute Gasteiger partial charge is 0.481 e. The lowest BCUT2D eigenvalue weighted by Crippen LogP contribution is -2.61. The number of nitrogens with zero attached hydrogens (tertiary/aromatic N) is 7. The summed E-state index contributed by atoms with van der Waals surface area (Å²) >= 11 is 0. The van der Waals surface area contributed by atoms with Crippen molar-refractivity contribution in [2.24, 2.45) is 11.3 Å². The van der Waals surface area contributed by atoms with Crippen molar-refractivity contribution in [1.29, 1.82) is 0 Å². The number of benzene rings is 2. The van der Waals surface area contributed by atoms with Gasteiger partial charge in [-0.1, -0.05) is 19.6 Å². The number of amides is 1. The Balaban J connectivity index is 1.27. The fourth-order valence-corrected chi connectivity index (χ4v) is 8.55. The van der Waals surface area contributed by atoms with E-state index in [0.29, 0.717) is 61.1 Å². The number of ether oxygens (including phenoxy) is 1. The number of carbonyl (C=O) groups excluding carboxylic acids is 1. The predicted octanol–water partition coefficient (Wildman–Crippen LogP) is 6.69. The lowest BCUT2D eigenvalue weighted by molar-refractivity contribution is -0.153. The van der Waals surface area contributed by atoms with Gasteiger partial charge in [-0.15, -0.1) is 0 Å². The molecule has 1 aliphatic carbocycles. The second-order valence-electron chi connectivity index (χ2n) is 15.7. The fourth-order valence-electron chi connectivity index (χ4n) is 8.55. The number of halogens is 3. The number of rotatable bonds is 10. The Labute approximate surface area is 302 Å². The van der Waals surface area contributed by atoms with E-state index in [9.17, 15) is 18.0 Å². The van der Waals surface area contributed by atoms with Crippen molar-refractivity contribution in [1.82, 2.24) is 30.0 Å². The second kappa shape index (κ2) is 13.2. The minimum Gasteiger partial charge on any atom is -0.481 e. The summed E-state index contributed by atoms with van der Waals surface area (Å²) in [4.78, 5) is 31.1. The maximum atomic E-state index is 14.1. The Bertz CT molecular complexity index is 2010. The molecule has 13 heteroatoms. The molecule has 4 fully saturated rings. The summed E-state index contributed by atoms with van der Waals surface area (Å²) in [6.07, 6.45) is 3.37. The molecule has 3 saturated heterocycles. The third kappa shape index (κ3) is 6.56. The van der Waals surface area contributed by atoms with Gasteiger partial charge in [-0.2, -0.15) is 23.3 Å². The molecule has 8 rings (SSSR count). The maximum absolute atomic E-state index is 14.1. The van der Waals surface area contributed by atoms with Gasteiger partial charge in [0.2, 0.25) is 11.9 Å². The molecule has 1 spiro atoms. The van der Waals surface area contributed by atoms with Crippen molar-refractivity contribution in [3.63, 3.8) is 0 Å². The number of hydrogen-bond donors (Lipinski definition) is 1. The van der Waals surface area contributed by atoms with Gasteiger partial charge in [0.25, 0.3) is 0 Å². The fraction of sp³-hybridized carbons (Fsp3) is 0.538. The first-order chi connectivity index (χ1) is 24.9. The summed E-state index contributed by atoms with van der Waals surface area (Å²) < 4.78 is 48.2. The number of likely N-dealkylation sites (tertiary alicyclic amines) is 2. The molecule has 1 atom stereocenters. The van der Waals surface area contributed by atoms with Gasteiger partial charge < -0.3 is 24.3 Å². The van der Waals surface area contributed by atoms with Crippen LogP contribution in [0, 0.1) is 18.3 Å². The third-order valence-electron chi connectivity index (χ3n) is 11.7. The molecule has 0 unspecified atom stereocenters. The first kappa shape index (κ1) is 34.7. The zero-order valence-electron chi connectivity index (χ0n) is 30.2. The van der Waals surface area contributed by atoms with Gasteiger partial charge in [0, 0.05) is 74.6 Å². The molecule has 276 valence electrons. The van der Waals surface area contributed by atoms with Crippen LogP contribution in [0.4, 0.5) is 24.9 Å². The molecule has 1 amide bonds. The SMILES string of the molecule is C=CC(=O)N1CC2(CCN(c3nc(N(C)CCN4CC[C@H](C)C4)nc4c(OCC(F)(F)F)c(-c5c(C)ccc6[nH]ncc56)c(C5CC5)cc34)CC2)C1. The smallest absolute Gasteiger partial charge is 0.422 e. The van der Waals surface area contributed by atoms with Crippen LogP contribution in [0.2, 0.25) is 0 Å². The summed E-state index contributed by atoms with van der Waals surface area (Å²) in [6, 6.07) is 6.05. The van der Waals surface area contributed by atoms with E-state index >= 15 is 0 Å². The van der Waals surface area contributed by atoms with E-state index < -0.39 is 12.8 Å². The van der Waals surface area contributed by atoms with E-state index in [-0.39, 0.29) is 23.0 Å². The Morgan fingerprint density at radius 3 is 2.56 bits per heavy atom. The number of aromatic amines is 1. The Hall–Kier alpha value is -4.39. The highest BCUT2D eigenvalue weighted by molar-refractivity contribution is 6.06. The lowest BCUT2D eigenvalue weighted by Gasteiger charge is -2.54. The molecule has 3 aliphatic heterocycles. The topological polar surface area (TPSA) is 93.7 Å². The van der Waals surface area contributed by atoms with Crippen molar-refractivity contribution < 1.29 is 22.7 Å². The minimum absolute atomic E-state index is 0.0398. The Morgan fingerprint density at radius 1 is 1.12 bits per heavy atom. The van der Waals surface area contributed by atoms with Crippen LogP contribution in [0.3, 0.4) is 0 Å². The van der Waals surface area contributed by atoms with Crippen LogP contribution >= 0.6 is 0 Å². The van der Waals surface area contributed by atoms with Crippen LogP contribution in [0.25, 0.3) is 32.9 Å². The van der Waals surface area contributed by atoms with Gasteiger partial charge in [0.1, 0.15) is 11.3 Å². The normalized spacial score (nSPS) is 20.5. The summed E-state index contributed by atoms with van der Waals surface area (Å²) in [6.45, 7) is 12.9. The zero-order valence-corrected chi connectivity index (χ0v) is 30.2. The van der Waals surface area contributed by atoms with Gasteiger partial charge in [0.05, 0.1) is 11.7 Å². The van der Waals surface area contributed by atoms with Crippen molar-refractivity contribution in [2.75, 3.05) is 75.8 Å². The van der Waals surface area contributed by atoms with E-state index in [1.807, 2.05) is 35.9 Å². The molecule has 1 saturated carbocycles. The van der Waals surface area contributed by atoms with E-state index in [1.165, 1.54) is 12.5 Å². The van der Waals surface area contributed by atoms with Gasteiger partial charge in [0.15, 0.2) is 12.4 Å². The Morgan fingerprint density at radius 2 is 1.88 bits per heavy atom. The summed E-state index contributed by atoms with van der Waals surface area (Å²) in [7, 11) is 1.96. The van der Waals surface area contributed by atoms with Crippen molar-refractivity contribution in [2.45, 2.75) is 58.0 Å². The number of aromatic nitrogens is 4. The number of hydrogen-bond acceptors (Lipinski definition) is 8. The molecule has 0 bridgehead atoms. The molecule has 0 radical (unpaired) electrons. The van der Waals surface area contributed by atoms with Crippen molar-refractivity contribution >= 4 is 39.5 Å². The van der Waals surface area contributed by atoms with Crippen LogP contribution in [-0.2, 0) is 4.79 Å². The second-order valence-corrected chi connectivity index (χ2v) is 15.7. The number of anilines is 2. The number of fused-ring (bicyclic) bond motifs is 2. The monoisotopic (exact) mass is 716 g/mol. The summed E-state index contributed by atoms with van der Waals surface area (Å²) in [5.41, 5.74) is 4.60. The van der Waals surface area contributed by atoms with Crippen LogP contribution < -0.4 is 14.5 Å². The first-order valence-electron chi connectivity index (χ1n) is 18.5. The van der Waals surface area contributed by atoms with Gasteiger partial charge in [-0.05, 0) is 92.3 Å². The number of carbonyl (C=O) groups is 1. The van der Waals surface area contributed by atoms with Crippen molar-refractivity contribution in [3.05, 3.63) is 48.2 Å². The van der Waals surface area contributed by atoms with Crippen molar-refractivity contribution in [3.8, 4) is 16.9 Å². The number of piperidine rings is 1. The molecule has 2 aromatic heterocycles. The minimum atomic E-state index is -4.55. The van der Waals surface area contributed by atoms with Crippen LogP contribution in [0.1, 0.15) is 56.1 Å². The van der Waals surface area contributed by atoms with Crippen LogP contribution in [0.15, 0.2) is 37.1 Å². The quantitative estimate of drug-likeness (QED) is 0.182. The third-order valence-corrected chi connectivity index (χ3v) is 11.7. The standard InChI is InChI=1S/C39H47F3N8O2/c1-5-31(51)50-21-38(22-50)11-14-49(15-12-38)36-28-18-27(26-7-8-26)33(32-25(3)6-9-30-29(32)19-43-46-30)35(52-23-39(40,41)42)34(28)44-37(45-36)47(4)16-17-48-13-10-24(2)20-48/h5-6,9,18-19,24,26H,1,7-8,10-17,20-23H2,2-4H3,(H,43,46)/t24-/m0/s1. The molecule has 2 aromatic carbocycles. The van der Waals surface area contributed by atoms with Gasteiger partial charge in [-0.25, -0.2) is 4.98 Å². The molecule has 52 heavy (non-hydrogen) atoms. The number of alkyl halides is 3. The molecule has 5 heterocycles. The summed E-state index contributed by atoms with van der Waals surface area (Å²) in [5, 5.41) is 8.87. The average molecular weight is 717 g/mol. The number of likely N-dealkylation sites (N-methyl/N-ethyl adjacent to an activating group) is 1. The molecular weight excluding hydrogens is 669 g/mol. The molecule has 10 nitrogen and oxygen atoms in total. The molecule has 4 aliphatic rings. The lowest BCUT2D eigenvalue weighted by atomic mass is 9.72. The number of H-pyrrole nitrogens is 1. The highest BCUT2D eigenvalue weighted by atomic mass is 19.4. The van der Waals surface area contributed by atoms with E-state index in [2.05, 4.69) is 39.6 Å². The van der Waals surface area contributed by atoms with Crippen LogP contribution in [0.5, 0.6) is 5.75 Å². The summed E-state index contributed by atoms with van der Waals surface area (Å²) in [5.74, 6) is 2.12. The molecule has 4 aromatic rings. The highest BCUT2D eigenvalue weighted by Crippen LogP contribution is 2.53. The number of aryl methyl sites for hydroxylation is 1. The first-order valence-corrected chi connectivity index (χ1v) is 18.5. The number of nitrogens with one attached hydrogen (secondary N) is 1. The molecular formula is C39H47F3N8O2. The average Bonchev–Trinajstić information content (AvgIpc) is 3.70. The zero-order chi connectivity index (χ0) is 36.4. The van der Waals surface area contributed by atoms with E-state index in [0.717, 1.165) is 78.7 Å². The Kier molecular flexibility index (Phi) is 8.82.